The molecule has 0 aromatic heterocycles. The standard InChI is InChI=1S/C25H27N3O4/c1-32-17-7-8-21-18(13-17)19(23(30)27-21)14-22(29)28-11-9-25(10-12-28)15-20(25)24(31)26-16-5-3-2-4-6-16/h2-8,13,19-20H,9-12,14-15H2,1H3,(H,26,31)(H,27,30)/t19-,20-/m0/s1. The normalized spacial score (nSPS) is 22.8. The molecule has 2 aromatic rings. The van der Waals surface area contributed by atoms with E-state index in [9.17, 15) is 14.4 Å². The van der Waals surface area contributed by atoms with Crippen molar-refractivity contribution in [2.75, 3.05) is 30.8 Å². The number of para-hydroxylation sites is 1. The van der Waals surface area contributed by atoms with E-state index in [1.807, 2.05) is 47.4 Å². The summed E-state index contributed by atoms with van der Waals surface area (Å²) in [5.74, 6) is 0.112. The molecule has 0 unspecified atom stereocenters. The fourth-order valence-corrected chi connectivity index (χ4v) is 5.16. The van der Waals surface area contributed by atoms with Crippen LogP contribution in [0.15, 0.2) is 48.5 Å². The highest BCUT2D eigenvalue weighted by atomic mass is 16.5. The molecule has 7 nitrogen and oxygen atoms in total. The topological polar surface area (TPSA) is 87.7 Å². The molecule has 166 valence electrons. The van der Waals surface area contributed by atoms with Gasteiger partial charge in [-0.05, 0) is 60.6 Å². The zero-order chi connectivity index (χ0) is 22.3. The number of rotatable bonds is 5. The van der Waals surface area contributed by atoms with Gasteiger partial charge in [0.2, 0.25) is 17.7 Å². The van der Waals surface area contributed by atoms with Gasteiger partial charge in [-0.2, -0.15) is 0 Å². The molecule has 1 spiro atoms. The Morgan fingerprint density at radius 3 is 2.62 bits per heavy atom. The highest BCUT2D eigenvalue weighted by molar-refractivity contribution is 6.05. The summed E-state index contributed by atoms with van der Waals surface area (Å²) in [6.45, 7) is 1.26. The first-order chi connectivity index (χ1) is 15.5. The van der Waals surface area contributed by atoms with Crippen LogP contribution in [0.4, 0.5) is 11.4 Å². The summed E-state index contributed by atoms with van der Waals surface area (Å²) in [5.41, 5.74) is 2.40. The Labute approximate surface area is 187 Å². The van der Waals surface area contributed by atoms with Gasteiger partial charge < -0.3 is 20.3 Å². The molecular weight excluding hydrogens is 406 g/mol. The van der Waals surface area contributed by atoms with Crippen LogP contribution in [-0.4, -0.2) is 42.8 Å². The fourth-order valence-electron chi connectivity index (χ4n) is 5.16. The Hall–Kier alpha value is -3.35. The molecule has 0 radical (unpaired) electrons. The van der Waals surface area contributed by atoms with Crippen LogP contribution in [0.5, 0.6) is 5.75 Å². The number of methoxy groups -OCH3 is 1. The largest absolute Gasteiger partial charge is 0.497 e. The van der Waals surface area contributed by atoms with Gasteiger partial charge in [0.1, 0.15) is 5.75 Å². The fraction of sp³-hybridized carbons (Fsp3) is 0.400. The number of hydrogen-bond donors (Lipinski definition) is 2. The quantitative estimate of drug-likeness (QED) is 0.757. The number of carbonyl (C=O) groups is 3. The van der Waals surface area contributed by atoms with Gasteiger partial charge in [-0.15, -0.1) is 0 Å². The lowest BCUT2D eigenvalue weighted by atomic mass is 9.89. The Kier molecular flexibility index (Phi) is 5.12. The second-order valence-electron chi connectivity index (χ2n) is 9.05. The highest BCUT2D eigenvalue weighted by Crippen LogP contribution is 2.59. The SMILES string of the molecule is COc1ccc2c(c1)[C@H](CC(=O)N1CCC3(CC1)C[C@H]3C(=O)Nc1ccccc1)C(=O)N2. The molecule has 1 aliphatic carbocycles. The number of nitrogens with one attached hydrogen (secondary N) is 2. The second-order valence-corrected chi connectivity index (χ2v) is 9.05. The Morgan fingerprint density at radius 1 is 1.16 bits per heavy atom. The van der Waals surface area contributed by atoms with E-state index in [2.05, 4.69) is 10.6 Å². The Balaban J connectivity index is 1.17. The lowest BCUT2D eigenvalue weighted by Gasteiger charge is -2.33. The average Bonchev–Trinajstić information content (AvgIpc) is 3.42. The Morgan fingerprint density at radius 2 is 1.91 bits per heavy atom. The zero-order valence-electron chi connectivity index (χ0n) is 18.1. The molecule has 2 heterocycles. The number of nitrogens with zero attached hydrogens (tertiary/aromatic N) is 1. The summed E-state index contributed by atoms with van der Waals surface area (Å²) < 4.78 is 5.27. The third-order valence-corrected chi connectivity index (χ3v) is 7.25. The van der Waals surface area contributed by atoms with Gasteiger partial charge >= 0.3 is 0 Å². The number of likely N-dealkylation sites (tertiary alicyclic amines) is 1. The van der Waals surface area contributed by atoms with Crippen molar-refractivity contribution >= 4 is 29.1 Å². The third-order valence-electron chi connectivity index (χ3n) is 7.25. The molecule has 3 aliphatic rings. The van der Waals surface area contributed by atoms with E-state index in [1.54, 1.807) is 13.2 Å². The molecule has 2 N–H and O–H groups in total. The minimum Gasteiger partial charge on any atom is -0.497 e. The number of hydrogen-bond acceptors (Lipinski definition) is 4. The van der Waals surface area contributed by atoms with E-state index in [0.717, 1.165) is 36.2 Å². The maximum atomic E-state index is 13.0. The molecule has 7 heteroatoms. The molecule has 2 aliphatic heterocycles. The summed E-state index contributed by atoms with van der Waals surface area (Å²) in [6, 6.07) is 15.0. The molecule has 1 saturated carbocycles. The summed E-state index contributed by atoms with van der Waals surface area (Å²) >= 11 is 0. The van der Waals surface area contributed by atoms with E-state index in [4.69, 9.17) is 4.74 Å². The average molecular weight is 434 g/mol. The molecular formula is C25H27N3O4. The number of ether oxygens (including phenoxy) is 1. The van der Waals surface area contributed by atoms with Gasteiger partial charge in [0, 0.05) is 36.8 Å². The van der Waals surface area contributed by atoms with Crippen molar-refractivity contribution in [2.24, 2.45) is 11.3 Å². The third kappa shape index (κ3) is 3.72. The summed E-state index contributed by atoms with van der Waals surface area (Å²) in [7, 11) is 1.58. The van der Waals surface area contributed by atoms with Crippen molar-refractivity contribution in [3.63, 3.8) is 0 Å². The predicted molar refractivity (Wildman–Crippen MR) is 120 cm³/mol. The molecule has 32 heavy (non-hydrogen) atoms. The smallest absolute Gasteiger partial charge is 0.232 e. The molecule has 1 saturated heterocycles. The van der Waals surface area contributed by atoms with Crippen LogP contribution in [0.25, 0.3) is 0 Å². The molecule has 2 atom stereocenters. The minimum atomic E-state index is -0.492. The van der Waals surface area contributed by atoms with Gasteiger partial charge in [0.05, 0.1) is 13.0 Å². The lowest BCUT2D eigenvalue weighted by molar-refractivity contribution is -0.135. The van der Waals surface area contributed by atoms with Crippen LogP contribution in [0, 0.1) is 11.3 Å². The summed E-state index contributed by atoms with van der Waals surface area (Å²) in [4.78, 5) is 40.0. The number of anilines is 2. The number of amides is 3. The maximum absolute atomic E-state index is 13.0. The van der Waals surface area contributed by atoms with E-state index >= 15 is 0 Å². The highest BCUT2D eigenvalue weighted by Gasteiger charge is 2.58. The monoisotopic (exact) mass is 433 g/mol. The van der Waals surface area contributed by atoms with Gasteiger partial charge in [-0.3, -0.25) is 14.4 Å². The number of piperidine rings is 1. The van der Waals surface area contributed by atoms with Crippen LogP contribution >= 0.6 is 0 Å². The van der Waals surface area contributed by atoms with Crippen molar-refractivity contribution < 1.29 is 19.1 Å². The summed E-state index contributed by atoms with van der Waals surface area (Å²) in [5, 5.41) is 5.87. The van der Waals surface area contributed by atoms with Crippen LogP contribution in [0.3, 0.4) is 0 Å². The second kappa shape index (κ2) is 7.97. The number of fused-ring (bicyclic) bond motifs is 1. The first-order valence-corrected chi connectivity index (χ1v) is 11.1. The van der Waals surface area contributed by atoms with Gasteiger partial charge in [0.15, 0.2) is 0 Å². The van der Waals surface area contributed by atoms with Crippen molar-refractivity contribution in [3.8, 4) is 5.75 Å². The predicted octanol–water partition coefficient (Wildman–Crippen LogP) is 3.39. The van der Waals surface area contributed by atoms with Crippen LogP contribution < -0.4 is 15.4 Å². The van der Waals surface area contributed by atoms with Crippen molar-refractivity contribution in [1.82, 2.24) is 4.90 Å². The van der Waals surface area contributed by atoms with Crippen LogP contribution in [-0.2, 0) is 14.4 Å². The number of carbonyl (C=O) groups excluding carboxylic acids is 3. The van der Waals surface area contributed by atoms with E-state index in [0.29, 0.717) is 18.8 Å². The first kappa shape index (κ1) is 20.5. The van der Waals surface area contributed by atoms with Crippen LogP contribution in [0.1, 0.15) is 37.2 Å². The van der Waals surface area contributed by atoms with Gasteiger partial charge in [0.25, 0.3) is 0 Å². The zero-order valence-corrected chi connectivity index (χ0v) is 18.1. The Bertz CT molecular complexity index is 1060. The minimum absolute atomic E-state index is 0.0124. The first-order valence-electron chi connectivity index (χ1n) is 11.1. The van der Waals surface area contributed by atoms with E-state index in [1.165, 1.54) is 0 Å². The molecule has 2 aromatic carbocycles. The maximum Gasteiger partial charge on any atom is 0.232 e. The van der Waals surface area contributed by atoms with Crippen molar-refractivity contribution in [1.29, 1.82) is 0 Å². The molecule has 5 rings (SSSR count). The molecule has 2 fully saturated rings. The van der Waals surface area contributed by atoms with Crippen molar-refractivity contribution in [3.05, 3.63) is 54.1 Å². The van der Waals surface area contributed by atoms with Crippen molar-refractivity contribution in [2.45, 2.75) is 31.6 Å². The number of benzene rings is 2. The van der Waals surface area contributed by atoms with E-state index in [-0.39, 0.29) is 35.5 Å². The lowest BCUT2D eigenvalue weighted by Crippen LogP contribution is -2.41. The van der Waals surface area contributed by atoms with Gasteiger partial charge in [-0.25, -0.2) is 0 Å². The molecule has 3 amide bonds. The molecule has 0 bridgehead atoms. The van der Waals surface area contributed by atoms with Gasteiger partial charge in [-0.1, -0.05) is 18.2 Å². The summed E-state index contributed by atoms with van der Waals surface area (Å²) in [6.07, 6.45) is 2.68. The van der Waals surface area contributed by atoms with E-state index < -0.39 is 5.92 Å². The van der Waals surface area contributed by atoms with Crippen LogP contribution in [0.2, 0.25) is 0 Å².